The highest BCUT2D eigenvalue weighted by atomic mass is 16.2. The molecule has 3 nitrogen and oxygen atoms in total. The lowest BCUT2D eigenvalue weighted by atomic mass is 9.93. The summed E-state index contributed by atoms with van der Waals surface area (Å²) in [4.78, 5) is 24.7. The molecule has 0 spiro atoms. The first kappa shape index (κ1) is 14.2. The van der Waals surface area contributed by atoms with Crippen LogP contribution < -0.4 is 0 Å². The van der Waals surface area contributed by atoms with Gasteiger partial charge in [0.25, 0.3) is 0 Å². The molecule has 1 unspecified atom stereocenters. The quantitative estimate of drug-likeness (QED) is 0.685. The molecule has 0 radical (unpaired) electrons. The normalized spacial score (nSPS) is 17.7. The Bertz CT molecular complexity index is 269. The minimum Gasteiger partial charge on any atom is -0.342 e. The van der Waals surface area contributed by atoms with Gasteiger partial charge in [-0.3, -0.25) is 4.79 Å². The van der Waals surface area contributed by atoms with E-state index in [1.54, 1.807) is 6.92 Å². The van der Waals surface area contributed by atoms with Crippen LogP contribution in [0, 0.1) is 11.8 Å². The maximum atomic E-state index is 11.8. The highest BCUT2D eigenvalue weighted by Crippen LogP contribution is 2.21. The van der Waals surface area contributed by atoms with Gasteiger partial charge in [-0.05, 0) is 31.6 Å². The first-order valence-electron chi connectivity index (χ1n) is 6.80. The summed E-state index contributed by atoms with van der Waals surface area (Å²) in [6.07, 6.45) is 4.26. The zero-order valence-corrected chi connectivity index (χ0v) is 11.4. The molecule has 0 saturated carbocycles. The smallest absolute Gasteiger partial charge is 0.222 e. The van der Waals surface area contributed by atoms with Gasteiger partial charge in [0, 0.05) is 25.9 Å². The SMILES string of the molecule is CCC(CCC(C)=O)CCC(=O)N1CC(C)C1. The second kappa shape index (κ2) is 6.77. The zero-order valence-electron chi connectivity index (χ0n) is 11.4. The molecule has 1 saturated heterocycles. The third-order valence-corrected chi connectivity index (χ3v) is 3.67. The van der Waals surface area contributed by atoms with Crippen LogP contribution in [0.5, 0.6) is 0 Å². The first-order valence-corrected chi connectivity index (χ1v) is 6.80. The Morgan fingerprint density at radius 1 is 1.24 bits per heavy atom. The highest BCUT2D eigenvalue weighted by Gasteiger charge is 2.26. The van der Waals surface area contributed by atoms with E-state index in [9.17, 15) is 9.59 Å². The summed E-state index contributed by atoms with van der Waals surface area (Å²) >= 11 is 0. The molecule has 3 heteroatoms. The van der Waals surface area contributed by atoms with Gasteiger partial charge in [0.15, 0.2) is 0 Å². The summed E-state index contributed by atoms with van der Waals surface area (Å²) in [6, 6.07) is 0. The summed E-state index contributed by atoms with van der Waals surface area (Å²) in [6.45, 7) is 7.82. The minimum absolute atomic E-state index is 0.256. The van der Waals surface area contributed by atoms with Crippen LogP contribution in [0.1, 0.15) is 52.9 Å². The summed E-state index contributed by atoms with van der Waals surface area (Å²) in [5.74, 6) is 1.76. The van der Waals surface area contributed by atoms with Gasteiger partial charge in [-0.15, -0.1) is 0 Å². The molecular weight excluding hydrogens is 214 g/mol. The predicted octanol–water partition coefficient (Wildman–Crippen LogP) is 2.64. The van der Waals surface area contributed by atoms with E-state index in [0.29, 0.717) is 30.6 Å². The molecule has 1 atom stereocenters. The Kier molecular flexibility index (Phi) is 5.66. The molecule has 0 bridgehead atoms. The molecule has 0 aromatic carbocycles. The highest BCUT2D eigenvalue weighted by molar-refractivity contribution is 5.77. The van der Waals surface area contributed by atoms with Crippen molar-refractivity contribution in [3.63, 3.8) is 0 Å². The third kappa shape index (κ3) is 4.88. The number of carbonyl (C=O) groups is 2. The van der Waals surface area contributed by atoms with Crippen molar-refractivity contribution in [2.24, 2.45) is 11.8 Å². The van der Waals surface area contributed by atoms with Crippen molar-refractivity contribution in [2.75, 3.05) is 13.1 Å². The van der Waals surface area contributed by atoms with Crippen molar-refractivity contribution in [3.05, 3.63) is 0 Å². The Morgan fingerprint density at radius 3 is 2.29 bits per heavy atom. The number of likely N-dealkylation sites (tertiary alicyclic amines) is 1. The molecule has 1 aliphatic rings. The molecule has 1 fully saturated rings. The average Bonchev–Trinajstić information content (AvgIpc) is 2.24. The largest absolute Gasteiger partial charge is 0.342 e. The number of carbonyl (C=O) groups excluding carboxylic acids is 2. The van der Waals surface area contributed by atoms with E-state index in [-0.39, 0.29) is 5.78 Å². The standard InChI is InChI=1S/C14H25NO2/c1-4-13(6-5-12(3)16)7-8-14(17)15-9-11(2)10-15/h11,13H,4-10H2,1-3H3. The van der Waals surface area contributed by atoms with Crippen LogP contribution in [0.15, 0.2) is 0 Å². The summed E-state index contributed by atoms with van der Waals surface area (Å²) in [7, 11) is 0. The van der Waals surface area contributed by atoms with Crippen LogP contribution in [0.3, 0.4) is 0 Å². The Hall–Kier alpha value is -0.860. The zero-order chi connectivity index (χ0) is 12.8. The van der Waals surface area contributed by atoms with Crippen molar-refractivity contribution in [1.29, 1.82) is 0 Å². The van der Waals surface area contributed by atoms with Gasteiger partial charge in [-0.2, -0.15) is 0 Å². The van der Waals surface area contributed by atoms with E-state index in [1.165, 1.54) is 0 Å². The first-order chi connectivity index (χ1) is 8.02. The summed E-state index contributed by atoms with van der Waals surface area (Å²) < 4.78 is 0. The molecule has 1 amide bonds. The monoisotopic (exact) mass is 239 g/mol. The number of amides is 1. The Balaban J connectivity index is 2.18. The number of ketones is 1. The van der Waals surface area contributed by atoms with Crippen LogP contribution in [-0.2, 0) is 9.59 Å². The van der Waals surface area contributed by atoms with E-state index in [4.69, 9.17) is 0 Å². The van der Waals surface area contributed by atoms with Gasteiger partial charge in [-0.1, -0.05) is 20.3 Å². The van der Waals surface area contributed by atoms with Gasteiger partial charge >= 0.3 is 0 Å². The molecule has 0 aromatic rings. The number of rotatable bonds is 7. The van der Waals surface area contributed by atoms with Crippen LogP contribution in [0.25, 0.3) is 0 Å². The fourth-order valence-electron chi connectivity index (χ4n) is 2.35. The van der Waals surface area contributed by atoms with Gasteiger partial charge in [0.2, 0.25) is 5.91 Å². The van der Waals surface area contributed by atoms with Gasteiger partial charge in [-0.25, -0.2) is 0 Å². The molecule has 0 aliphatic carbocycles. The van der Waals surface area contributed by atoms with E-state index in [1.807, 2.05) is 4.90 Å². The van der Waals surface area contributed by atoms with E-state index in [0.717, 1.165) is 32.4 Å². The molecule has 1 aliphatic heterocycles. The molecule has 0 aromatic heterocycles. The van der Waals surface area contributed by atoms with Gasteiger partial charge in [0.1, 0.15) is 5.78 Å². The van der Waals surface area contributed by atoms with Crippen LogP contribution in [-0.4, -0.2) is 29.7 Å². The van der Waals surface area contributed by atoms with E-state index < -0.39 is 0 Å². The second-order valence-electron chi connectivity index (χ2n) is 5.46. The lowest BCUT2D eigenvalue weighted by Crippen LogP contribution is -2.48. The average molecular weight is 239 g/mol. The van der Waals surface area contributed by atoms with E-state index >= 15 is 0 Å². The molecule has 1 rings (SSSR count). The maximum absolute atomic E-state index is 11.8. The lowest BCUT2D eigenvalue weighted by molar-refractivity contribution is -0.137. The van der Waals surface area contributed by atoms with E-state index in [2.05, 4.69) is 13.8 Å². The van der Waals surface area contributed by atoms with Crippen molar-refractivity contribution in [2.45, 2.75) is 52.9 Å². The number of Topliss-reactive ketones (excluding diaryl/α,β-unsaturated/α-hetero) is 1. The second-order valence-corrected chi connectivity index (χ2v) is 5.46. The Morgan fingerprint density at radius 2 is 1.82 bits per heavy atom. The van der Waals surface area contributed by atoms with Crippen LogP contribution in [0.4, 0.5) is 0 Å². The van der Waals surface area contributed by atoms with Crippen LogP contribution in [0.2, 0.25) is 0 Å². The fraction of sp³-hybridized carbons (Fsp3) is 0.857. The maximum Gasteiger partial charge on any atom is 0.222 e. The number of hydrogen-bond acceptors (Lipinski definition) is 2. The molecule has 1 heterocycles. The van der Waals surface area contributed by atoms with Crippen molar-refractivity contribution in [1.82, 2.24) is 4.90 Å². The lowest BCUT2D eigenvalue weighted by Gasteiger charge is -2.37. The number of hydrogen-bond donors (Lipinski definition) is 0. The fourth-order valence-corrected chi connectivity index (χ4v) is 2.35. The van der Waals surface area contributed by atoms with Gasteiger partial charge < -0.3 is 9.69 Å². The molecule has 98 valence electrons. The third-order valence-electron chi connectivity index (χ3n) is 3.67. The van der Waals surface area contributed by atoms with Crippen molar-refractivity contribution in [3.8, 4) is 0 Å². The van der Waals surface area contributed by atoms with Gasteiger partial charge in [0.05, 0.1) is 0 Å². The van der Waals surface area contributed by atoms with Crippen molar-refractivity contribution < 1.29 is 9.59 Å². The molecule has 0 N–H and O–H groups in total. The van der Waals surface area contributed by atoms with Crippen LogP contribution >= 0.6 is 0 Å². The predicted molar refractivity (Wildman–Crippen MR) is 68.7 cm³/mol. The Labute approximate surface area is 105 Å². The van der Waals surface area contributed by atoms with Crippen molar-refractivity contribution >= 4 is 11.7 Å². The number of nitrogens with zero attached hydrogens (tertiary/aromatic N) is 1. The summed E-state index contributed by atoms with van der Waals surface area (Å²) in [5, 5.41) is 0. The summed E-state index contributed by atoms with van der Waals surface area (Å²) in [5.41, 5.74) is 0. The molecular formula is C14H25NO2. The topological polar surface area (TPSA) is 37.4 Å². The molecule has 17 heavy (non-hydrogen) atoms. The minimum atomic E-state index is 0.256.